The molecule has 0 unspecified atom stereocenters. The van der Waals surface area contributed by atoms with Crippen molar-refractivity contribution in [3.8, 4) is 11.1 Å². The fraction of sp³-hybridized carbons (Fsp3) is 0.0400. The van der Waals surface area contributed by atoms with Gasteiger partial charge in [-0.3, -0.25) is 0 Å². The van der Waals surface area contributed by atoms with E-state index in [1.165, 1.54) is 33.4 Å². The molecule has 0 atom stereocenters. The summed E-state index contributed by atoms with van der Waals surface area (Å²) in [6.45, 7) is 3.81. The fourth-order valence-electron chi connectivity index (χ4n) is 4.70. The van der Waals surface area contributed by atoms with Crippen molar-refractivity contribution in [2.24, 2.45) is 5.73 Å². The van der Waals surface area contributed by atoms with Gasteiger partial charge in [0.05, 0.1) is 5.41 Å². The van der Waals surface area contributed by atoms with Gasteiger partial charge in [-0.15, -0.1) is 0 Å². The Balaban J connectivity index is 1.97. The Labute approximate surface area is 153 Å². The summed E-state index contributed by atoms with van der Waals surface area (Å²) < 4.78 is 0. The van der Waals surface area contributed by atoms with Crippen LogP contribution in [0.4, 0.5) is 0 Å². The van der Waals surface area contributed by atoms with E-state index >= 15 is 0 Å². The van der Waals surface area contributed by atoms with Crippen LogP contribution in [-0.4, -0.2) is 0 Å². The molecule has 1 spiro atoms. The SMILES string of the molecule is C=C/C=C\C1=C(N)C2(c3ccccc31)c1ccccc1-c1ccccc12. The lowest BCUT2D eigenvalue weighted by atomic mass is 9.72. The second-order valence-corrected chi connectivity index (χ2v) is 6.81. The lowest BCUT2D eigenvalue weighted by Gasteiger charge is -2.30. The minimum absolute atomic E-state index is 0.412. The lowest BCUT2D eigenvalue weighted by Crippen LogP contribution is -2.31. The largest absolute Gasteiger partial charge is 0.400 e. The zero-order chi connectivity index (χ0) is 17.7. The van der Waals surface area contributed by atoms with Gasteiger partial charge < -0.3 is 5.73 Å². The molecule has 124 valence electrons. The van der Waals surface area contributed by atoms with Crippen molar-refractivity contribution in [3.05, 3.63) is 126 Å². The summed E-state index contributed by atoms with van der Waals surface area (Å²) in [5, 5.41) is 0. The number of hydrogen-bond donors (Lipinski definition) is 1. The Bertz CT molecular complexity index is 1070. The average molecular weight is 333 g/mol. The molecule has 3 aromatic carbocycles. The molecule has 2 aliphatic rings. The van der Waals surface area contributed by atoms with Crippen LogP contribution in [0.3, 0.4) is 0 Å². The molecular formula is C25H19N. The summed E-state index contributed by atoms with van der Waals surface area (Å²) in [6, 6.07) is 25.9. The lowest BCUT2D eigenvalue weighted by molar-refractivity contribution is 0.755. The maximum absolute atomic E-state index is 6.93. The molecule has 3 aromatic rings. The Morgan fingerprint density at radius 2 is 1.15 bits per heavy atom. The Kier molecular flexibility index (Phi) is 3.07. The van der Waals surface area contributed by atoms with Gasteiger partial charge in [-0.1, -0.05) is 97.6 Å². The van der Waals surface area contributed by atoms with Crippen molar-refractivity contribution in [2.75, 3.05) is 0 Å². The summed E-state index contributed by atoms with van der Waals surface area (Å²) in [5.74, 6) is 0. The molecule has 0 aliphatic heterocycles. The molecule has 0 fully saturated rings. The van der Waals surface area contributed by atoms with Gasteiger partial charge >= 0.3 is 0 Å². The van der Waals surface area contributed by atoms with Gasteiger partial charge in [0.25, 0.3) is 0 Å². The highest BCUT2D eigenvalue weighted by Crippen LogP contribution is 2.60. The van der Waals surface area contributed by atoms with Crippen LogP contribution in [0.2, 0.25) is 0 Å². The average Bonchev–Trinajstić information content (AvgIpc) is 3.13. The van der Waals surface area contributed by atoms with E-state index in [9.17, 15) is 0 Å². The monoisotopic (exact) mass is 333 g/mol. The fourth-order valence-corrected chi connectivity index (χ4v) is 4.70. The first-order valence-corrected chi connectivity index (χ1v) is 8.88. The minimum atomic E-state index is -0.412. The number of hydrogen-bond acceptors (Lipinski definition) is 1. The van der Waals surface area contributed by atoms with Crippen molar-refractivity contribution in [1.29, 1.82) is 0 Å². The van der Waals surface area contributed by atoms with E-state index in [2.05, 4.69) is 85.5 Å². The molecular weight excluding hydrogens is 314 g/mol. The van der Waals surface area contributed by atoms with Crippen LogP contribution in [0.15, 0.2) is 103 Å². The molecule has 0 radical (unpaired) electrons. The molecule has 0 heterocycles. The van der Waals surface area contributed by atoms with E-state index < -0.39 is 5.41 Å². The van der Waals surface area contributed by atoms with E-state index in [1.807, 2.05) is 6.08 Å². The predicted molar refractivity (Wildman–Crippen MR) is 109 cm³/mol. The Morgan fingerprint density at radius 1 is 0.692 bits per heavy atom. The smallest absolute Gasteiger partial charge is 0.0870 e. The van der Waals surface area contributed by atoms with E-state index in [4.69, 9.17) is 5.73 Å². The first-order chi connectivity index (χ1) is 12.8. The van der Waals surface area contributed by atoms with Crippen LogP contribution in [0.25, 0.3) is 16.7 Å². The number of nitrogens with two attached hydrogens (primary N) is 1. The highest BCUT2D eigenvalue weighted by Gasteiger charge is 2.51. The first-order valence-electron chi connectivity index (χ1n) is 8.88. The maximum atomic E-state index is 6.93. The first kappa shape index (κ1) is 15.0. The van der Waals surface area contributed by atoms with Gasteiger partial charge in [0.2, 0.25) is 0 Å². The number of fused-ring (bicyclic) bond motifs is 7. The zero-order valence-corrected chi connectivity index (χ0v) is 14.4. The third-order valence-corrected chi connectivity index (χ3v) is 5.67. The van der Waals surface area contributed by atoms with Crippen LogP contribution in [0.1, 0.15) is 22.3 Å². The molecule has 0 saturated carbocycles. The molecule has 1 nitrogen and oxygen atoms in total. The predicted octanol–water partition coefficient (Wildman–Crippen LogP) is 5.43. The quantitative estimate of drug-likeness (QED) is 0.622. The van der Waals surface area contributed by atoms with Crippen LogP contribution >= 0.6 is 0 Å². The second-order valence-electron chi connectivity index (χ2n) is 6.81. The van der Waals surface area contributed by atoms with Crippen LogP contribution in [0, 0.1) is 0 Å². The summed E-state index contributed by atoms with van der Waals surface area (Å²) in [6.07, 6.45) is 5.84. The molecule has 0 amide bonds. The molecule has 2 N–H and O–H groups in total. The Hall–Kier alpha value is -3.32. The van der Waals surface area contributed by atoms with Crippen molar-refractivity contribution in [2.45, 2.75) is 5.41 Å². The second kappa shape index (κ2) is 5.34. The van der Waals surface area contributed by atoms with Gasteiger partial charge in [-0.2, -0.15) is 0 Å². The van der Waals surface area contributed by atoms with Gasteiger partial charge in [0.15, 0.2) is 0 Å². The maximum Gasteiger partial charge on any atom is 0.0870 e. The molecule has 26 heavy (non-hydrogen) atoms. The summed E-state index contributed by atoms with van der Waals surface area (Å²) in [7, 11) is 0. The van der Waals surface area contributed by atoms with E-state index in [0.717, 1.165) is 11.3 Å². The molecule has 0 bridgehead atoms. The molecule has 5 rings (SSSR count). The summed E-state index contributed by atoms with van der Waals surface area (Å²) >= 11 is 0. The van der Waals surface area contributed by atoms with Crippen LogP contribution < -0.4 is 5.73 Å². The highest BCUT2D eigenvalue weighted by atomic mass is 14.7. The van der Waals surface area contributed by atoms with Crippen molar-refractivity contribution in [1.82, 2.24) is 0 Å². The third-order valence-electron chi connectivity index (χ3n) is 5.67. The van der Waals surface area contributed by atoms with Crippen molar-refractivity contribution >= 4 is 5.57 Å². The summed E-state index contributed by atoms with van der Waals surface area (Å²) in [4.78, 5) is 0. The van der Waals surface area contributed by atoms with Gasteiger partial charge in [-0.05, 0) is 33.4 Å². The topological polar surface area (TPSA) is 26.0 Å². The zero-order valence-electron chi connectivity index (χ0n) is 14.4. The Morgan fingerprint density at radius 3 is 1.69 bits per heavy atom. The van der Waals surface area contributed by atoms with E-state index in [1.54, 1.807) is 6.08 Å². The van der Waals surface area contributed by atoms with Crippen molar-refractivity contribution in [3.63, 3.8) is 0 Å². The minimum Gasteiger partial charge on any atom is -0.400 e. The van der Waals surface area contributed by atoms with Gasteiger partial charge in [0, 0.05) is 11.3 Å². The standard InChI is InChI=1S/C25H19N/c1-2-3-10-20-19-13-6-9-16-23(19)25(24(20)26)21-14-7-4-11-17(21)18-12-5-8-15-22(18)25/h2-16H,1,26H2/b10-3-. The molecule has 2 aliphatic carbocycles. The molecule has 0 aromatic heterocycles. The van der Waals surface area contributed by atoms with Crippen molar-refractivity contribution < 1.29 is 0 Å². The number of allylic oxidation sites excluding steroid dienone is 5. The molecule has 0 saturated heterocycles. The third kappa shape index (κ3) is 1.65. The van der Waals surface area contributed by atoms with E-state index in [-0.39, 0.29) is 0 Å². The van der Waals surface area contributed by atoms with Crippen LogP contribution in [0.5, 0.6) is 0 Å². The van der Waals surface area contributed by atoms with Crippen LogP contribution in [-0.2, 0) is 5.41 Å². The normalized spacial score (nSPS) is 16.0. The number of benzene rings is 3. The highest BCUT2D eigenvalue weighted by molar-refractivity contribution is 5.96. The summed E-state index contributed by atoms with van der Waals surface area (Å²) in [5.41, 5.74) is 16.1. The van der Waals surface area contributed by atoms with E-state index in [0.29, 0.717) is 0 Å². The number of rotatable bonds is 2. The molecule has 1 heteroatoms. The van der Waals surface area contributed by atoms with Gasteiger partial charge in [-0.25, -0.2) is 0 Å². The van der Waals surface area contributed by atoms with Gasteiger partial charge in [0.1, 0.15) is 0 Å².